The third kappa shape index (κ3) is 3.60. The summed E-state index contributed by atoms with van der Waals surface area (Å²) in [5.41, 5.74) is 0.994. The molecule has 3 heteroatoms. The van der Waals surface area contributed by atoms with Crippen molar-refractivity contribution in [3.8, 4) is 0 Å². The molecule has 0 heterocycles. The fraction of sp³-hybridized carbons (Fsp3) is 0.300. The standard InChI is InChI=1S/C10H13NO2.H2/c1-2-11-10(12)13-8-9-6-4-3-5-7-9;/h3-7H,2,8H2,1H3,(H,11,12);1H. The van der Waals surface area contributed by atoms with Gasteiger partial charge >= 0.3 is 6.09 Å². The minimum Gasteiger partial charge on any atom is -0.445 e. The molecule has 1 amide bonds. The third-order valence-electron chi connectivity index (χ3n) is 1.53. The van der Waals surface area contributed by atoms with Crippen molar-refractivity contribution in [1.82, 2.24) is 5.32 Å². The van der Waals surface area contributed by atoms with Crippen molar-refractivity contribution in [2.75, 3.05) is 6.54 Å². The zero-order chi connectivity index (χ0) is 9.52. The summed E-state index contributed by atoms with van der Waals surface area (Å²) in [5, 5.41) is 2.55. The first-order valence-corrected chi connectivity index (χ1v) is 4.27. The van der Waals surface area contributed by atoms with Crippen LogP contribution in [0.4, 0.5) is 4.79 Å². The molecule has 0 aliphatic rings. The summed E-state index contributed by atoms with van der Waals surface area (Å²) >= 11 is 0. The van der Waals surface area contributed by atoms with Gasteiger partial charge in [0.2, 0.25) is 0 Å². The Morgan fingerprint density at radius 3 is 2.77 bits per heavy atom. The molecule has 0 spiro atoms. The van der Waals surface area contributed by atoms with E-state index in [9.17, 15) is 4.79 Å². The van der Waals surface area contributed by atoms with Crippen LogP contribution in [0.15, 0.2) is 30.3 Å². The number of ether oxygens (including phenoxy) is 1. The van der Waals surface area contributed by atoms with Crippen LogP contribution in [0.2, 0.25) is 0 Å². The first-order chi connectivity index (χ1) is 6.33. The quantitative estimate of drug-likeness (QED) is 0.776. The minimum absolute atomic E-state index is 0. The highest BCUT2D eigenvalue weighted by Gasteiger charge is 1.98. The minimum atomic E-state index is -0.369. The van der Waals surface area contributed by atoms with Crippen molar-refractivity contribution >= 4 is 6.09 Å². The SMILES string of the molecule is CCNC(=O)OCc1ccccc1.[HH]. The highest BCUT2D eigenvalue weighted by molar-refractivity contribution is 5.66. The molecule has 3 nitrogen and oxygen atoms in total. The van der Waals surface area contributed by atoms with Crippen LogP contribution >= 0.6 is 0 Å². The summed E-state index contributed by atoms with van der Waals surface area (Å²) in [5.74, 6) is 0. The van der Waals surface area contributed by atoms with E-state index in [4.69, 9.17) is 4.74 Å². The lowest BCUT2D eigenvalue weighted by Crippen LogP contribution is -2.23. The van der Waals surface area contributed by atoms with E-state index in [-0.39, 0.29) is 7.52 Å². The molecule has 0 aromatic heterocycles. The van der Waals surface area contributed by atoms with E-state index in [1.807, 2.05) is 37.3 Å². The first kappa shape index (κ1) is 9.58. The molecule has 0 fully saturated rings. The van der Waals surface area contributed by atoms with Crippen molar-refractivity contribution in [2.45, 2.75) is 13.5 Å². The maximum absolute atomic E-state index is 10.9. The monoisotopic (exact) mass is 181 g/mol. The second-order valence-corrected chi connectivity index (χ2v) is 2.59. The highest BCUT2D eigenvalue weighted by Crippen LogP contribution is 1.99. The van der Waals surface area contributed by atoms with E-state index in [0.717, 1.165) is 5.56 Å². The van der Waals surface area contributed by atoms with Gasteiger partial charge in [-0.25, -0.2) is 4.79 Å². The smallest absolute Gasteiger partial charge is 0.407 e. The number of carbonyl (C=O) groups is 1. The molecule has 1 N–H and O–H groups in total. The van der Waals surface area contributed by atoms with Gasteiger partial charge in [0, 0.05) is 7.97 Å². The van der Waals surface area contributed by atoms with E-state index in [1.54, 1.807) is 0 Å². The van der Waals surface area contributed by atoms with Crippen LogP contribution < -0.4 is 5.32 Å². The number of rotatable bonds is 3. The molecule has 1 rings (SSSR count). The van der Waals surface area contributed by atoms with Crippen LogP contribution in [-0.2, 0) is 11.3 Å². The summed E-state index contributed by atoms with van der Waals surface area (Å²) < 4.78 is 4.92. The molecule has 0 aliphatic carbocycles. The van der Waals surface area contributed by atoms with Crippen molar-refractivity contribution in [2.24, 2.45) is 0 Å². The molecule has 0 bridgehead atoms. The Kier molecular flexibility index (Phi) is 3.82. The Labute approximate surface area is 79.2 Å². The number of carbonyl (C=O) groups excluding carboxylic acids is 1. The van der Waals surface area contributed by atoms with Gasteiger partial charge in [0.05, 0.1) is 0 Å². The Bertz CT molecular complexity index is 264. The molecular formula is C10H15NO2. The van der Waals surface area contributed by atoms with E-state index in [2.05, 4.69) is 5.32 Å². The van der Waals surface area contributed by atoms with Gasteiger partial charge in [0.1, 0.15) is 6.61 Å². The van der Waals surface area contributed by atoms with Crippen LogP contribution in [0.1, 0.15) is 13.9 Å². The van der Waals surface area contributed by atoms with Crippen LogP contribution in [0.5, 0.6) is 0 Å². The van der Waals surface area contributed by atoms with E-state index < -0.39 is 0 Å². The first-order valence-electron chi connectivity index (χ1n) is 4.27. The Balaban J connectivity index is 0.00000169. The maximum atomic E-state index is 10.9. The fourth-order valence-electron chi connectivity index (χ4n) is 0.918. The number of alkyl carbamates (subject to hydrolysis) is 1. The molecule has 0 saturated carbocycles. The second kappa shape index (κ2) is 5.19. The zero-order valence-corrected chi connectivity index (χ0v) is 7.62. The van der Waals surface area contributed by atoms with Gasteiger partial charge in [0.25, 0.3) is 0 Å². The van der Waals surface area contributed by atoms with Gasteiger partial charge in [-0.3, -0.25) is 0 Å². The van der Waals surface area contributed by atoms with Gasteiger partial charge in [-0.1, -0.05) is 30.3 Å². The number of hydrogen-bond donors (Lipinski definition) is 1. The zero-order valence-electron chi connectivity index (χ0n) is 7.62. The number of nitrogens with one attached hydrogen (secondary N) is 1. The van der Waals surface area contributed by atoms with Gasteiger partial charge in [0.15, 0.2) is 0 Å². The van der Waals surface area contributed by atoms with Gasteiger partial charge in [-0.2, -0.15) is 0 Å². The Morgan fingerprint density at radius 1 is 1.46 bits per heavy atom. The predicted octanol–water partition coefficient (Wildman–Crippen LogP) is 2.18. The Hall–Kier alpha value is -1.51. The van der Waals surface area contributed by atoms with Crippen LogP contribution in [0.25, 0.3) is 0 Å². The highest BCUT2D eigenvalue weighted by atomic mass is 16.5. The molecular weight excluding hydrogens is 166 g/mol. The van der Waals surface area contributed by atoms with Gasteiger partial charge in [-0.15, -0.1) is 0 Å². The number of hydrogen-bond acceptors (Lipinski definition) is 2. The molecule has 72 valence electrons. The molecule has 0 aliphatic heterocycles. The lowest BCUT2D eigenvalue weighted by atomic mass is 10.2. The topological polar surface area (TPSA) is 38.3 Å². The molecule has 13 heavy (non-hydrogen) atoms. The second-order valence-electron chi connectivity index (χ2n) is 2.59. The summed E-state index contributed by atoms with van der Waals surface area (Å²) in [6.45, 7) is 2.77. The fourth-order valence-corrected chi connectivity index (χ4v) is 0.918. The lowest BCUT2D eigenvalue weighted by Gasteiger charge is -2.04. The van der Waals surface area contributed by atoms with Crippen molar-refractivity contribution in [3.05, 3.63) is 35.9 Å². The Morgan fingerprint density at radius 2 is 2.15 bits per heavy atom. The van der Waals surface area contributed by atoms with Crippen LogP contribution in [-0.4, -0.2) is 12.6 Å². The summed E-state index contributed by atoms with van der Waals surface area (Å²) in [6.07, 6.45) is -0.369. The molecule has 0 saturated heterocycles. The summed E-state index contributed by atoms with van der Waals surface area (Å²) in [4.78, 5) is 10.9. The van der Waals surface area contributed by atoms with Crippen molar-refractivity contribution < 1.29 is 11.0 Å². The molecule has 0 atom stereocenters. The normalized spacial score (nSPS) is 9.31. The molecule has 1 aromatic carbocycles. The lowest BCUT2D eigenvalue weighted by molar-refractivity contribution is 0.140. The third-order valence-corrected chi connectivity index (χ3v) is 1.53. The molecule has 0 radical (unpaired) electrons. The van der Waals surface area contributed by atoms with E-state index in [1.165, 1.54) is 0 Å². The number of benzene rings is 1. The largest absolute Gasteiger partial charge is 0.445 e. The average molecular weight is 181 g/mol. The average Bonchev–Trinajstić information content (AvgIpc) is 2.17. The van der Waals surface area contributed by atoms with Crippen molar-refractivity contribution in [1.29, 1.82) is 0 Å². The van der Waals surface area contributed by atoms with E-state index >= 15 is 0 Å². The van der Waals surface area contributed by atoms with Crippen LogP contribution in [0, 0.1) is 0 Å². The molecule has 1 aromatic rings. The van der Waals surface area contributed by atoms with Gasteiger partial charge in [-0.05, 0) is 12.5 Å². The van der Waals surface area contributed by atoms with Gasteiger partial charge < -0.3 is 10.1 Å². The summed E-state index contributed by atoms with van der Waals surface area (Å²) in [7, 11) is 0. The van der Waals surface area contributed by atoms with E-state index in [0.29, 0.717) is 13.2 Å². The maximum Gasteiger partial charge on any atom is 0.407 e. The van der Waals surface area contributed by atoms with Crippen LogP contribution in [0.3, 0.4) is 0 Å². The van der Waals surface area contributed by atoms with Crippen molar-refractivity contribution in [3.63, 3.8) is 0 Å². The predicted molar refractivity (Wildman–Crippen MR) is 52.4 cm³/mol. The summed E-state index contributed by atoms with van der Waals surface area (Å²) in [6, 6.07) is 9.58. The molecule has 0 unspecified atom stereocenters. The number of amides is 1.